The summed E-state index contributed by atoms with van der Waals surface area (Å²) in [6.45, 7) is 2.75. The molecule has 5 heteroatoms. The van der Waals surface area contributed by atoms with Gasteiger partial charge in [-0.15, -0.1) is 0 Å². The van der Waals surface area contributed by atoms with E-state index in [0.717, 1.165) is 18.7 Å². The highest BCUT2D eigenvalue weighted by molar-refractivity contribution is 7.71. The molecular formula is C9H13N3OS. The second-order valence-electron chi connectivity index (χ2n) is 3.71. The van der Waals surface area contributed by atoms with E-state index in [-0.39, 0.29) is 11.9 Å². The Balaban J connectivity index is 2.37. The van der Waals surface area contributed by atoms with E-state index in [9.17, 15) is 4.79 Å². The topological polar surface area (TPSA) is 41.0 Å². The number of hydrogen-bond acceptors (Lipinski definition) is 2. The van der Waals surface area contributed by atoms with Crippen LogP contribution in [-0.2, 0) is 4.79 Å². The molecule has 76 valence electrons. The fourth-order valence-corrected chi connectivity index (χ4v) is 2.17. The quantitative estimate of drug-likeness (QED) is 0.710. The van der Waals surface area contributed by atoms with Crippen LogP contribution in [0.3, 0.4) is 0 Å². The first kappa shape index (κ1) is 9.45. The van der Waals surface area contributed by atoms with Crippen molar-refractivity contribution in [3.8, 4) is 0 Å². The summed E-state index contributed by atoms with van der Waals surface area (Å²) in [5.41, 5.74) is 0.998. The number of aromatic amines is 1. The zero-order chi connectivity index (χ0) is 10.3. The molecule has 4 nitrogen and oxygen atoms in total. The average molecular weight is 211 g/mol. The summed E-state index contributed by atoms with van der Waals surface area (Å²) < 4.78 is 2.49. The van der Waals surface area contributed by atoms with Crippen molar-refractivity contribution >= 4 is 18.1 Å². The molecule has 1 aromatic rings. The number of likely N-dealkylation sites (N-methyl/N-ethyl adjacent to an activating group) is 1. The first-order valence-electron chi connectivity index (χ1n) is 4.62. The molecule has 1 N–H and O–H groups in total. The van der Waals surface area contributed by atoms with Crippen molar-refractivity contribution in [2.45, 2.75) is 19.4 Å². The van der Waals surface area contributed by atoms with E-state index in [4.69, 9.17) is 12.2 Å². The van der Waals surface area contributed by atoms with Crippen LogP contribution >= 0.6 is 12.2 Å². The molecule has 14 heavy (non-hydrogen) atoms. The van der Waals surface area contributed by atoms with Gasteiger partial charge in [0.25, 0.3) is 0 Å². The van der Waals surface area contributed by atoms with Gasteiger partial charge in [-0.3, -0.25) is 4.79 Å². The number of carbonyl (C=O) groups is 1. The Morgan fingerprint density at radius 1 is 1.64 bits per heavy atom. The van der Waals surface area contributed by atoms with Gasteiger partial charge in [-0.2, -0.15) is 0 Å². The third-order valence-electron chi connectivity index (χ3n) is 2.61. The standard InChI is InChI=1S/C9H13N3OS/c1-6-5-12(9(14)10-6)7-3-4-11(2)8(7)13/h5,7H,3-4H2,1-2H3,(H,10,14). The Hall–Kier alpha value is -1.10. The lowest BCUT2D eigenvalue weighted by Gasteiger charge is -2.10. The molecule has 2 heterocycles. The number of aryl methyl sites for hydroxylation is 1. The van der Waals surface area contributed by atoms with Gasteiger partial charge in [0, 0.05) is 25.5 Å². The van der Waals surface area contributed by atoms with E-state index in [1.807, 2.05) is 24.7 Å². The largest absolute Gasteiger partial charge is 0.344 e. The zero-order valence-electron chi connectivity index (χ0n) is 8.28. The molecule has 1 aliphatic heterocycles. The Morgan fingerprint density at radius 3 is 2.79 bits per heavy atom. The minimum atomic E-state index is -0.0996. The molecule has 1 atom stereocenters. The van der Waals surface area contributed by atoms with Crippen LogP contribution in [0.15, 0.2) is 6.20 Å². The molecule has 1 aromatic heterocycles. The van der Waals surface area contributed by atoms with Gasteiger partial charge in [0.05, 0.1) is 0 Å². The fraction of sp³-hybridized carbons (Fsp3) is 0.556. The Labute approximate surface area is 87.5 Å². The summed E-state index contributed by atoms with van der Waals surface area (Å²) >= 11 is 5.14. The maximum absolute atomic E-state index is 11.7. The van der Waals surface area contributed by atoms with Crippen molar-refractivity contribution in [1.29, 1.82) is 0 Å². The molecular weight excluding hydrogens is 198 g/mol. The highest BCUT2D eigenvalue weighted by atomic mass is 32.1. The van der Waals surface area contributed by atoms with Crippen molar-refractivity contribution in [3.63, 3.8) is 0 Å². The number of rotatable bonds is 1. The van der Waals surface area contributed by atoms with Gasteiger partial charge in [0.2, 0.25) is 5.91 Å². The highest BCUT2D eigenvalue weighted by Crippen LogP contribution is 2.22. The number of likely N-dealkylation sites (tertiary alicyclic amines) is 1. The lowest BCUT2D eigenvalue weighted by Crippen LogP contribution is -2.24. The number of aromatic nitrogens is 2. The van der Waals surface area contributed by atoms with E-state index in [0.29, 0.717) is 4.77 Å². The maximum Gasteiger partial charge on any atom is 0.245 e. The van der Waals surface area contributed by atoms with Crippen molar-refractivity contribution in [2.75, 3.05) is 13.6 Å². The third kappa shape index (κ3) is 1.37. The van der Waals surface area contributed by atoms with Gasteiger partial charge in [0.1, 0.15) is 6.04 Å². The number of nitrogens with one attached hydrogen (secondary N) is 1. The number of H-pyrrole nitrogens is 1. The Bertz CT molecular complexity index is 420. The molecule has 2 rings (SSSR count). The normalized spacial score (nSPS) is 22.0. The lowest BCUT2D eigenvalue weighted by molar-refractivity contribution is -0.129. The molecule has 1 aliphatic rings. The van der Waals surface area contributed by atoms with Crippen LogP contribution < -0.4 is 0 Å². The predicted octanol–water partition coefficient (Wildman–Crippen LogP) is 1.26. The maximum atomic E-state index is 11.7. The number of amides is 1. The van der Waals surface area contributed by atoms with Gasteiger partial charge >= 0.3 is 0 Å². The van der Waals surface area contributed by atoms with Crippen LogP contribution in [0.2, 0.25) is 0 Å². The molecule has 0 bridgehead atoms. The molecule has 0 aromatic carbocycles. The fourth-order valence-electron chi connectivity index (χ4n) is 1.83. The zero-order valence-corrected chi connectivity index (χ0v) is 9.10. The summed E-state index contributed by atoms with van der Waals surface area (Å²) in [4.78, 5) is 16.5. The van der Waals surface area contributed by atoms with Crippen LogP contribution in [0.1, 0.15) is 18.2 Å². The molecule has 0 aliphatic carbocycles. The van der Waals surface area contributed by atoms with E-state index in [2.05, 4.69) is 4.98 Å². The monoisotopic (exact) mass is 211 g/mol. The van der Waals surface area contributed by atoms with Crippen LogP contribution in [0.5, 0.6) is 0 Å². The minimum absolute atomic E-state index is 0.0996. The predicted molar refractivity (Wildman–Crippen MR) is 55.6 cm³/mol. The number of imidazole rings is 1. The summed E-state index contributed by atoms with van der Waals surface area (Å²) in [5, 5.41) is 0. The highest BCUT2D eigenvalue weighted by Gasteiger charge is 2.30. The van der Waals surface area contributed by atoms with E-state index >= 15 is 0 Å². The molecule has 0 spiro atoms. The average Bonchev–Trinajstić information content (AvgIpc) is 2.59. The van der Waals surface area contributed by atoms with E-state index in [1.54, 1.807) is 4.90 Å². The molecule has 1 fully saturated rings. The van der Waals surface area contributed by atoms with Crippen molar-refractivity contribution < 1.29 is 4.79 Å². The van der Waals surface area contributed by atoms with E-state index < -0.39 is 0 Å². The van der Waals surface area contributed by atoms with Gasteiger partial charge in [0.15, 0.2) is 4.77 Å². The SMILES string of the molecule is Cc1cn(C2CCN(C)C2=O)c(=S)[nH]1. The van der Waals surface area contributed by atoms with Crippen LogP contribution in [0.25, 0.3) is 0 Å². The van der Waals surface area contributed by atoms with Crippen molar-refractivity contribution in [3.05, 3.63) is 16.7 Å². The smallest absolute Gasteiger partial charge is 0.245 e. The first-order chi connectivity index (χ1) is 6.59. The molecule has 1 saturated heterocycles. The van der Waals surface area contributed by atoms with Crippen molar-refractivity contribution in [1.82, 2.24) is 14.5 Å². The summed E-state index contributed by atoms with van der Waals surface area (Å²) in [6, 6.07) is -0.0996. The number of carbonyl (C=O) groups excluding carboxylic acids is 1. The Kier molecular flexibility index (Phi) is 2.19. The minimum Gasteiger partial charge on any atom is -0.344 e. The van der Waals surface area contributed by atoms with Crippen LogP contribution in [0, 0.1) is 11.7 Å². The number of nitrogens with zero attached hydrogens (tertiary/aromatic N) is 2. The molecule has 0 radical (unpaired) electrons. The van der Waals surface area contributed by atoms with Gasteiger partial charge in [-0.05, 0) is 25.6 Å². The summed E-state index contributed by atoms with van der Waals surface area (Å²) in [5.74, 6) is 0.153. The summed E-state index contributed by atoms with van der Waals surface area (Å²) in [7, 11) is 1.82. The van der Waals surface area contributed by atoms with Gasteiger partial charge in [-0.25, -0.2) is 0 Å². The lowest BCUT2D eigenvalue weighted by atomic mass is 10.2. The van der Waals surface area contributed by atoms with Crippen LogP contribution in [-0.4, -0.2) is 34.0 Å². The summed E-state index contributed by atoms with van der Waals surface area (Å²) in [6.07, 6.45) is 2.75. The second kappa shape index (κ2) is 3.24. The first-order valence-corrected chi connectivity index (χ1v) is 5.03. The third-order valence-corrected chi connectivity index (χ3v) is 2.92. The van der Waals surface area contributed by atoms with Crippen LogP contribution in [0.4, 0.5) is 0 Å². The number of hydrogen-bond donors (Lipinski definition) is 1. The molecule has 0 saturated carbocycles. The molecule has 1 unspecified atom stereocenters. The Morgan fingerprint density at radius 2 is 2.36 bits per heavy atom. The van der Waals surface area contributed by atoms with Crippen molar-refractivity contribution in [2.24, 2.45) is 0 Å². The van der Waals surface area contributed by atoms with E-state index in [1.165, 1.54) is 0 Å². The molecule has 1 amide bonds. The second-order valence-corrected chi connectivity index (χ2v) is 4.10. The van der Waals surface area contributed by atoms with Gasteiger partial charge in [-0.1, -0.05) is 0 Å². The van der Waals surface area contributed by atoms with Gasteiger partial charge < -0.3 is 14.5 Å².